The highest BCUT2D eigenvalue weighted by atomic mass is 19.1. The Morgan fingerprint density at radius 3 is 2.55 bits per heavy atom. The average molecular weight is 272 g/mol. The first-order chi connectivity index (χ1) is 9.58. The number of aryl methyl sites for hydroxylation is 2. The molecule has 0 fully saturated rings. The Morgan fingerprint density at radius 1 is 1.05 bits per heavy atom. The lowest BCUT2D eigenvalue weighted by Crippen LogP contribution is -2.14. The molecule has 2 aromatic rings. The summed E-state index contributed by atoms with van der Waals surface area (Å²) < 4.78 is 13.3. The minimum Gasteiger partial charge on any atom is -0.396 e. The third kappa shape index (κ3) is 3.91. The van der Waals surface area contributed by atoms with Gasteiger partial charge in [0.2, 0.25) is 0 Å². The van der Waals surface area contributed by atoms with E-state index in [2.05, 4.69) is 25.1 Å². The van der Waals surface area contributed by atoms with Crippen molar-refractivity contribution in [3.05, 3.63) is 70.5 Å². The van der Waals surface area contributed by atoms with Gasteiger partial charge in [-0.15, -0.1) is 0 Å². The monoisotopic (exact) mass is 272 g/mol. The first-order valence-electron chi connectivity index (χ1n) is 7.00. The van der Waals surface area contributed by atoms with Crippen molar-refractivity contribution in [3.8, 4) is 0 Å². The summed E-state index contributed by atoms with van der Waals surface area (Å²) >= 11 is 0. The van der Waals surface area contributed by atoms with Gasteiger partial charge in [0, 0.05) is 6.61 Å². The Morgan fingerprint density at radius 2 is 1.85 bits per heavy atom. The SMILES string of the molecule is Cc1cccc(CC(CO)Cc2cc(F)ccc2C)c1. The Labute approximate surface area is 120 Å². The van der Waals surface area contributed by atoms with Crippen LogP contribution in [-0.2, 0) is 12.8 Å². The number of benzene rings is 2. The van der Waals surface area contributed by atoms with Crippen molar-refractivity contribution in [1.29, 1.82) is 0 Å². The quantitative estimate of drug-likeness (QED) is 0.877. The van der Waals surface area contributed by atoms with Crippen LogP contribution in [0.5, 0.6) is 0 Å². The van der Waals surface area contributed by atoms with Gasteiger partial charge in [0.15, 0.2) is 0 Å². The van der Waals surface area contributed by atoms with Gasteiger partial charge in [0.05, 0.1) is 0 Å². The fourth-order valence-electron chi connectivity index (χ4n) is 2.54. The van der Waals surface area contributed by atoms with Crippen LogP contribution in [0.25, 0.3) is 0 Å². The summed E-state index contributed by atoms with van der Waals surface area (Å²) in [7, 11) is 0. The van der Waals surface area contributed by atoms with Crippen molar-refractivity contribution < 1.29 is 9.50 Å². The molecule has 2 rings (SSSR count). The zero-order chi connectivity index (χ0) is 14.5. The molecule has 0 aliphatic heterocycles. The molecule has 0 bridgehead atoms. The molecule has 1 unspecified atom stereocenters. The molecule has 0 aromatic heterocycles. The molecule has 0 saturated carbocycles. The summed E-state index contributed by atoms with van der Waals surface area (Å²) in [5, 5.41) is 9.58. The third-order valence-electron chi connectivity index (χ3n) is 3.68. The second kappa shape index (κ2) is 6.67. The molecule has 0 aliphatic rings. The zero-order valence-electron chi connectivity index (χ0n) is 12.1. The molecule has 0 aliphatic carbocycles. The van der Waals surface area contributed by atoms with Gasteiger partial charge in [-0.1, -0.05) is 35.9 Å². The van der Waals surface area contributed by atoms with Crippen molar-refractivity contribution in [2.45, 2.75) is 26.7 Å². The molecule has 0 amide bonds. The van der Waals surface area contributed by atoms with E-state index >= 15 is 0 Å². The van der Waals surface area contributed by atoms with E-state index in [0.717, 1.165) is 17.5 Å². The van der Waals surface area contributed by atoms with E-state index in [-0.39, 0.29) is 18.3 Å². The lowest BCUT2D eigenvalue weighted by molar-refractivity contribution is 0.224. The highest BCUT2D eigenvalue weighted by molar-refractivity contribution is 5.28. The first-order valence-corrected chi connectivity index (χ1v) is 7.00. The van der Waals surface area contributed by atoms with Crippen LogP contribution in [-0.4, -0.2) is 11.7 Å². The van der Waals surface area contributed by atoms with Gasteiger partial charge in [-0.3, -0.25) is 0 Å². The van der Waals surface area contributed by atoms with E-state index in [9.17, 15) is 9.50 Å². The van der Waals surface area contributed by atoms with Crippen LogP contribution in [0, 0.1) is 25.6 Å². The number of aliphatic hydroxyl groups is 1. The lowest BCUT2D eigenvalue weighted by atomic mass is 9.91. The second-order valence-corrected chi connectivity index (χ2v) is 5.52. The molecule has 1 nitrogen and oxygen atoms in total. The van der Waals surface area contributed by atoms with Crippen LogP contribution in [0.15, 0.2) is 42.5 Å². The standard InChI is InChI=1S/C18H21FO/c1-13-4-3-5-15(8-13)9-16(12-20)10-17-11-18(19)7-6-14(17)2/h3-8,11,16,20H,9-10,12H2,1-2H3. The first kappa shape index (κ1) is 14.7. The molecule has 2 aromatic carbocycles. The Hall–Kier alpha value is -1.67. The highest BCUT2D eigenvalue weighted by Crippen LogP contribution is 2.19. The van der Waals surface area contributed by atoms with Crippen LogP contribution in [0.3, 0.4) is 0 Å². The molecule has 20 heavy (non-hydrogen) atoms. The predicted molar refractivity (Wildman–Crippen MR) is 80.3 cm³/mol. The van der Waals surface area contributed by atoms with Gasteiger partial charge in [0.25, 0.3) is 0 Å². The maximum Gasteiger partial charge on any atom is 0.123 e. The van der Waals surface area contributed by atoms with E-state index in [1.54, 1.807) is 12.1 Å². The highest BCUT2D eigenvalue weighted by Gasteiger charge is 2.12. The van der Waals surface area contributed by atoms with Gasteiger partial charge < -0.3 is 5.11 Å². The van der Waals surface area contributed by atoms with E-state index < -0.39 is 0 Å². The fraction of sp³-hybridized carbons (Fsp3) is 0.333. The number of hydrogen-bond donors (Lipinski definition) is 1. The van der Waals surface area contributed by atoms with Crippen molar-refractivity contribution >= 4 is 0 Å². The molecule has 0 heterocycles. The predicted octanol–water partition coefficient (Wildman–Crippen LogP) is 3.84. The normalized spacial score (nSPS) is 12.4. The van der Waals surface area contributed by atoms with Crippen LogP contribution in [0.4, 0.5) is 4.39 Å². The number of rotatable bonds is 5. The molecule has 0 radical (unpaired) electrons. The molecule has 0 spiro atoms. The van der Waals surface area contributed by atoms with Gasteiger partial charge in [-0.25, -0.2) is 4.39 Å². The van der Waals surface area contributed by atoms with Crippen molar-refractivity contribution in [2.75, 3.05) is 6.61 Å². The lowest BCUT2D eigenvalue weighted by Gasteiger charge is -2.16. The second-order valence-electron chi connectivity index (χ2n) is 5.52. The number of hydrogen-bond acceptors (Lipinski definition) is 1. The molecule has 2 heteroatoms. The molecular weight excluding hydrogens is 251 g/mol. The molecule has 1 atom stereocenters. The fourth-order valence-corrected chi connectivity index (χ4v) is 2.54. The van der Waals surface area contributed by atoms with Gasteiger partial charge in [-0.05, 0) is 61.4 Å². The van der Waals surface area contributed by atoms with E-state index in [1.165, 1.54) is 17.2 Å². The summed E-state index contributed by atoms with van der Waals surface area (Å²) in [6.07, 6.45) is 1.52. The van der Waals surface area contributed by atoms with Gasteiger partial charge >= 0.3 is 0 Å². The maximum absolute atomic E-state index is 13.3. The summed E-state index contributed by atoms with van der Waals surface area (Å²) in [5.41, 5.74) is 4.50. The molecular formula is C18H21FO. The topological polar surface area (TPSA) is 20.2 Å². The van der Waals surface area contributed by atoms with Crippen LogP contribution in [0.1, 0.15) is 22.3 Å². The van der Waals surface area contributed by atoms with Crippen LogP contribution < -0.4 is 0 Å². The van der Waals surface area contributed by atoms with Crippen molar-refractivity contribution in [2.24, 2.45) is 5.92 Å². The smallest absolute Gasteiger partial charge is 0.123 e. The number of halogens is 1. The van der Waals surface area contributed by atoms with Gasteiger partial charge in [-0.2, -0.15) is 0 Å². The van der Waals surface area contributed by atoms with Crippen molar-refractivity contribution in [1.82, 2.24) is 0 Å². The van der Waals surface area contributed by atoms with Crippen LogP contribution in [0.2, 0.25) is 0 Å². The third-order valence-corrected chi connectivity index (χ3v) is 3.68. The van der Waals surface area contributed by atoms with Gasteiger partial charge in [0.1, 0.15) is 5.82 Å². The zero-order valence-corrected chi connectivity index (χ0v) is 12.1. The van der Waals surface area contributed by atoms with E-state index in [4.69, 9.17) is 0 Å². The summed E-state index contributed by atoms with van der Waals surface area (Å²) in [5.74, 6) is -0.0878. The Balaban J connectivity index is 2.11. The van der Waals surface area contributed by atoms with E-state index in [0.29, 0.717) is 6.42 Å². The summed E-state index contributed by atoms with van der Waals surface area (Å²) in [4.78, 5) is 0. The molecule has 1 N–H and O–H groups in total. The average Bonchev–Trinajstić information content (AvgIpc) is 2.42. The molecule has 106 valence electrons. The molecule has 0 saturated heterocycles. The largest absolute Gasteiger partial charge is 0.396 e. The Bertz CT molecular complexity index is 577. The van der Waals surface area contributed by atoms with Crippen LogP contribution >= 0.6 is 0 Å². The van der Waals surface area contributed by atoms with Crippen molar-refractivity contribution in [3.63, 3.8) is 0 Å². The minimum atomic E-state index is -0.210. The Kier molecular flexibility index (Phi) is 4.91. The minimum absolute atomic E-state index is 0.115. The summed E-state index contributed by atoms with van der Waals surface area (Å²) in [6, 6.07) is 13.2. The maximum atomic E-state index is 13.3. The summed E-state index contributed by atoms with van der Waals surface area (Å²) in [6.45, 7) is 4.16. The number of aliphatic hydroxyl groups excluding tert-OH is 1. The van der Waals surface area contributed by atoms with E-state index in [1.807, 2.05) is 13.0 Å².